The van der Waals surface area contributed by atoms with Gasteiger partial charge >= 0.3 is 6.09 Å². The number of hydrogen-bond acceptors (Lipinski definition) is 7. The number of aromatic nitrogens is 2. The van der Waals surface area contributed by atoms with Gasteiger partial charge in [0, 0.05) is 37.0 Å². The highest BCUT2D eigenvalue weighted by atomic mass is 16.6. The molecule has 2 aromatic rings. The Bertz CT molecular complexity index is 886. The van der Waals surface area contributed by atoms with Crippen LogP contribution in [0.25, 0.3) is 11.3 Å². The van der Waals surface area contributed by atoms with Gasteiger partial charge in [-0.1, -0.05) is 0 Å². The molecule has 142 valence electrons. The maximum Gasteiger partial charge on any atom is 0.407 e. The fourth-order valence-corrected chi connectivity index (χ4v) is 3.48. The van der Waals surface area contributed by atoms with Crippen molar-refractivity contribution in [1.29, 1.82) is 0 Å². The van der Waals surface area contributed by atoms with Crippen molar-refractivity contribution < 1.29 is 19.4 Å². The van der Waals surface area contributed by atoms with E-state index < -0.39 is 0 Å². The van der Waals surface area contributed by atoms with Gasteiger partial charge < -0.3 is 19.9 Å². The first-order valence-corrected chi connectivity index (χ1v) is 8.96. The molecule has 27 heavy (non-hydrogen) atoms. The minimum atomic E-state index is -0.375. The van der Waals surface area contributed by atoms with E-state index in [-0.39, 0.29) is 17.9 Å². The molecule has 0 radical (unpaired) electrons. The number of aryl methyl sites for hydroxylation is 2. The summed E-state index contributed by atoms with van der Waals surface area (Å²) in [5, 5.41) is 13.2. The van der Waals surface area contributed by atoms with Gasteiger partial charge in [-0.25, -0.2) is 9.78 Å². The van der Waals surface area contributed by atoms with Gasteiger partial charge in [0.15, 0.2) is 11.5 Å². The minimum Gasteiger partial charge on any atom is -0.504 e. The zero-order chi connectivity index (χ0) is 19.0. The summed E-state index contributed by atoms with van der Waals surface area (Å²) < 4.78 is 11.0. The van der Waals surface area contributed by atoms with E-state index in [1.807, 2.05) is 19.9 Å². The maximum atomic E-state index is 11.2. The maximum absolute atomic E-state index is 11.2. The molecule has 0 unspecified atom stereocenters. The Kier molecular flexibility index (Phi) is 4.57. The summed E-state index contributed by atoms with van der Waals surface area (Å²) in [6.45, 7) is 6.62. The van der Waals surface area contributed by atoms with E-state index in [0.29, 0.717) is 38.5 Å². The third-order valence-electron chi connectivity index (χ3n) is 4.75. The minimum absolute atomic E-state index is 0.0982. The second-order valence-electron chi connectivity index (χ2n) is 6.92. The molecular formula is C19H22N4O4. The van der Waals surface area contributed by atoms with Gasteiger partial charge in [-0.15, -0.1) is 0 Å². The van der Waals surface area contributed by atoms with E-state index in [1.165, 1.54) is 0 Å². The van der Waals surface area contributed by atoms with Gasteiger partial charge in [-0.2, -0.15) is 0 Å². The average molecular weight is 370 g/mol. The fraction of sp³-hybridized carbons (Fsp3) is 0.421. The van der Waals surface area contributed by atoms with E-state index >= 15 is 0 Å². The third kappa shape index (κ3) is 3.66. The number of carbonyl (C=O) groups excluding carboxylic acids is 1. The summed E-state index contributed by atoms with van der Waals surface area (Å²) in [5.41, 5.74) is 4.05. The van der Waals surface area contributed by atoms with Crippen LogP contribution in [0.15, 0.2) is 18.3 Å². The predicted molar refractivity (Wildman–Crippen MR) is 97.7 cm³/mol. The van der Waals surface area contributed by atoms with E-state index in [2.05, 4.69) is 20.2 Å². The lowest BCUT2D eigenvalue weighted by atomic mass is 10.0. The number of rotatable bonds is 3. The predicted octanol–water partition coefficient (Wildman–Crippen LogP) is 1.77. The molecule has 2 aliphatic rings. The van der Waals surface area contributed by atoms with E-state index in [1.54, 1.807) is 12.3 Å². The van der Waals surface area contributed by atoms with Crippen LogP contribution in [0.1, 0.15) is 17.0 Å². The molecule has 1 atom stereocenters. The number of nitrogens with zero attached hydrogens (tertiary/aromatic N) is 3. The Labute approximate surface area is 157 Å². The molecule has 0 saturated carbocycles. The van der Waals surface area contributed by atoms with Crippen LogP contribution in [0, 0.1) is 13.8 Å². The Morgan fingerprint density at radius 2 is 2.22 bits per heavy atom. The van der Waals surface area contributed by atoms with Gasteiger partial charge in [0.25, 0.3) is 0 Å². The van der Waals surface area contributed by atoms with Gasteiger partial charge in [0.05, 0.1) is 23.6 Å². The van der Waals surface area contributed by atoms with Crippen molar-refractivity contribution in [3.05, 3.63) is 35.3 Å². The smallest absolute Gasteiger partial charge is 0.407 e. The number of benzene rings is 1. The zero-order valence-corrected chi connectivity index (χ0v) is 15.4. The highest BCUT2D eigenvalue weighted by molar-refractivity contribution is 5.69. The standard InChI is InChI=1S/C19H22N4O4/c1-11-7-20-12(2)17(22-11)13-5-14-9-23(10-15-8-21-19(25)27-15)3-4-26-18(14)16(24)6-13/h5-7,15,24H,3-4,8-10H2,1-2H3,(H,21,25)/t15-/m1/s1. The molecule has 1 aromatic carbocycles. The summed E-state index contributed by atoms with van der Waals surface area (Å²) in [7, 11) is 0. The number of amides is 1. The first-order valence-electron chi connectivity index (χ1n) is 8.96. The molecule has 1 saturated heterocycles. The first-order chi connectivity index (χ1) is 13.0. The summed E-state index contributed by atoms with van der Waals surface area (Å²) >= 11 is 0. The third-order valence-corrected chi connectivity index (χ3v) is 4.75. The summed E-state index contributed by atoms with van der Waals surface area (Å²) in [6, 6.07) is 3.66. The monoisotopic (exact) mass is 370 g/mol. The highest BCUT2D eigenvalue weighted by Gasteiger charge is 2.27. The largest absolute Gasteiger partial charge is 0.504 e. The van der Waals surface area contributed by atoms with Crippen molar-refractivity contribution in [2.75, 3.05) is 26.2 Å². The number of fused-ring (bicyclic) bond motifs is 1. The summed E-state index contributed by atoms with van der Waals surface area (Å²) in [4.78, 5) is 22.3. The number of phenolic OH excluding ortho intramolecular Hbond substituents is 1. The molecule has 3 heterocycles. The molecule has 8 heteroatoms. The normalized spacial score (nSPS) is 19.6. The molecule has 0 aliphatic carbocycles. The fourth-order valence-electron chi connectivity index (χ4n) is 3.48. The van der Waals surface area contributed by atoms with Crippen molar-refractivity contribution >= 4 is 6.09 Å². The van der Waals surface area contributed by atoms with Crippen LogP contribution in [0.2, 0.25) is 0 Å². The van der Waals surface area contributed by atoms with Crippen LogP contribution >= 0.6 is 0 Å². The lowest BCUT2D eigenvalue weighted by molar-refractivity contribution is 0.103. The number of carbonyl (C=O) groups is 1. The first kappa shape index (κ1) is 17.5. The number of ether oxygens (including phenoxy) is 2. The van der Waals surface area contributed by atoms with Crippen molar-refractivity contribution in [3.8, 4) is 22.8 Å². The lowest BCUT2D eigenvalue weighted by Crippen LogP contribution is -2.35. The van der Waals surface area contributed by atoms with Crippen LogP contribution < -0.4 is 10.1 Å². The second kappa shape index (κ2) is 7.03. The van der Waals surface area contributed by atoms with Crippen molar-refractivity contribution in [1.82, 2.24) is 20.2 Å². The Balaban J connectivity index is 1.63. The van der Waals surface area contributed by atoms with Gasteiger partial charge in [0.2, 0.25) is 0 Å². The SMILES string of the molecule is Cc1cnc(C)c(-c2cc(O)c3c(c2)CN(C[C@H]2CNC(=O)O2)CCO3)n1. The molecule has 1 aromatic heterocycles. The van der Waals surface area contributed by atoms with Crippen LogP contribution in [-0.2, 0) is 11.3 Å². The van der Waals surface area contributed by atoms with E-state index in [4.69, 9.17) is 9.47 Å². The topological polar surface area (TPSA) is 96.8 Å². The Morgan fingerprint density at radius 1 is 1.37 bits per heavy atom. The van der Waals surface area contributed by atoms with Crippen LogP contribution in [0.4, 0.5) is 4.79 Å². The lowest BCUT2D eigenvalue weighted by Gasteiger charge is -2.22. The van der Waals surface area contributed by atoms with E-state index in [0.717, 1.165) is 28.2 Å². The van der Waals surface area contributed by atoms with Crippen molar-refractivity contribution in [2.24, 2.45) is 0 Å². The molecule has 4 rings (SSSR count). The van der Waals surface area contributed by atoms with Crippen LogP contribution in [0.3, 0.4) is 0 Å². The van der Waals surface area contributed by atoms with Gasteiger partial charge in [-0.3, -0.25) is 9.88 Å². The van der Waals surface area contributed by atoms with Crippen molar-refractivity contribution in [2.45, 2.75) is 26.5 Å². The number of phenols is 1. The van der Waals surface area contributed by atoms with Crippen molar-refractivity contribution in [3.63, 3.8) is 0 Å². The molecule has 2 aliphatic heterocycles. The molecule has 0 spiro atoms. The molecule has 1 fully saturated rings. The molecule has 8 nitrogen and oxygen atoms in total. The number of hydrogen-bond donors (Lipinski definition) is 2. The summed E-state index contributed by atoms with van der Waals surface area (Å²) in [6.07, 6.45) is 1.17. The molecular weight excluding hydrogens is 348 g/mol. The van der Waals surface area contributed by atoms with Gasteiger partial charge in [-0.05, 0) is 26.0 Å². The van der Waals surface area contributed by atoms with Gasteiger partial charge in [0.1, 0.15) is 12.7 Å². The second-order valence-corrected chi connectivity index (χ2v) is 6.92. The number of alkyl carbamates (subject to hydrolysis) is 1. The zero-order valence-electron chi connectivity index (χ0n) is 15.4. The molecule has 2 N–H and O–H groups in total. The highest BCUT2D eigenvalue weighted by Crippen LogP contribution is 2.37. The molecule has 0 bridgehead atoms. The summed E-state index contributed by atoms with van der Waals surface area (Å²) in [5.74, 6) is 0.599. The quantitative estimate of drug-likeness (QED) is 0.850. The number of cyclic esters (lactones) is 1. The van der Waals surface area contributed by atoms with E-state index in [9.17, 15) is 9.90 Å². The van der Waals surface area contributed by atoms with Crippen LogP contribution in [0.5, 0.6) is 11.5 Å². The molecule has 1 amide bonds. The number of nitrogens with one attached hydrogen (secondary N) is 1. The average Bonchev–Trinajstić information content (AvgIpc) is 2.92. The number of aromatic hydroxyl groups is 1. The Morgan fingerprint density at radius 3 is 3.00 bits per heavy atom. The Hall–Kier alpha value is -2.87. The van der Waals surface area contributed by atoms with Crippen LogP contribution in [-0.4, -0.2) is 58.4 Å².